The number of carboxylic acids is 1. The Hall–Kier alpha value is -2.13. The number of carbonyl (C=O) groups is 2. The molecule has 0 aromatic heterocycles. The largest absolute Gasteiger partial charge is 0.490 e. The van der Waals surface area contributed by atoms with Crippen LogP contribution in [0.3, 0.4) is 0 Å². The number of halogens is 3. The van der Waals surface area contributed by atoms with Crippen molar-refractivity contribution >= 4 is 11.9 Å². The monoisotopic (exact) mass is 430 g/mol. The summed E-state index contributed by atoms with van der Waals surface area (Å²) in [5.41, 5.74) is 3.07. The van der Waals surface area contributed by atoms with Crippen LogP contribution in [-0.4, -0.2) is 72.9 Å². The summed E-state index contributed by atoms with van der Waals surface area (Å²) < 4.78 is 36.7. The quantitative estimate of drug-likeness (QED) is 0.795. The molecule has 0 unspecified atom stereocenters. The van der Waals surface area contributed by atoms with Gasteiger partial charge in [-0.15, -0.1) is 0 Å². The smallest absolute Gasteiger partial charge is 0.475 e. The fraction of sp³-hybridized carbons (Fsp3) is 0.619. The summed E-state index contributed by atoms with van der Waals surface area (Å²) in [6, 6.07) is 8.86. The predicted molar refractivity (Wildman–Crippen MR) is 105 cm³/mol. The molecule has 30 heavy (non-hydrogen) atoms. The molecule has 0 bridgehead atoms. The van der Waals surface area contributed by atoms with Crippen LogP contribution in [0.2, 0.25) is 0 Å². The minimum atomic E-state index is -5.08. The molecule has 2 aliphatic rings. The fourth-order valence-corrected chi connectivity index (χ4v) is 3.91. The van der Waals surface area contributed by atoms with Gasteiger partial charge in [-0.3, -0.25) is 9.69 Å². The summed E-state index contributed by atoms with van der Waals surface area (Å²) in [6.45, 7) is 7.50. The van der Waals surface area contributed by atoms with Gasteiger partial charge in [0.2, 0.25) is 5.91 Å². The molecule has 0 atom stereocenters. The second kappa shape index (κ2) is 10.3. The van der Waals surface area contributed by atoms with E-state index < -0.39 is 12.1 Å². The van der Waals surface area contributed by atoms with Crippen LogP contribution in [0.5, 0.6) is 0 Å². The number of piperidine rings is 1. The topological polar surface area (TPSA) is 70.1 Å². The standard InChI is InChI=1S/C19H28N2O2.C2HF3O2/c1-16-3-5-17(6-4-16)13-20-10-7-19(8-11-20)9-12-21(15-19)18(22)14-23-2;3-2(4,5)1(6)7/h3-6H,7-15H2,1-2H3;(H,6,7). The van der Waals surface area contributed by atoms with E-state index in [2.05, 4.69) is 36.1 Å². The third kappa shape index (κ3) is 6.98. The number of benzene rings is 1. The van der Waals surface area contributed by atoms with Gasteiger partial charge < -0.3 is 14.7 Å². The van der Waals surface area contributed by atoms with Gasteiger partial charge in [0.15, 0.2) is 0 Å². The van der Waals surface area contributed by atoms with Gasteiger partial charge in [-0.1, -0.05) is 29.8 Å². The SMILES string of the molecule is COCC(=O)N1CCC2(CCN(Cc3ccc(C)cc3)CC2)C1.O=C(O)C(F)(F)F. The van der Waals surface area contributed by atoms with Gasteiger partial charge in [0.05, 0.1) is 0 Å². The van der Waals surface area contributed by atoms with Crippen LogP contribution >= 0.6 is 0 Å². The second-order valence-electron chi connectivity index (χ2n) is 8.06. The Morgan fingerprint density at radius 3 is 2.13 bits per heavy atom. The van der Waals surface area contributed by atoms with E-state index in [-0.39, 0.29) is 12.5 Å². The molecule has 2 aliphatic heterocycles. The molecule has 6 nitrogen and oxygen atoms in total. The van der Waals surface area contributed by atoms with Gasteiger partial charge in [-0.2, -0.15) is 13.2 Å². The van der Waals surface area contributed by atoms with E-state index >= 15 is 0 Å². The Morgan fingerprint density at radius 1 is 1.10 bits per heavy atom. The number of hydrogen-bond donors (Lipinski definition) is 1. The summed E-state index contributed by atoms with van der Waals surface area (Å²) in [7, 11) is 1.59. The average molecular weight is 430 g/mol. The van der Waals surface area contributed by atoms with Gasteiger partial charge in [0.1, 0.15) is 6.61 Å². The molecule has 1 aromatic carbocycles. The molecule has 3 rings (SSSR count). The lowest BCUT2D eigenvalue weighted by Gasteiger charge is -2.39. The van der Waals surface area contributed by atoms with Crippen molar-refractivity contribution in [2.24, 2.45) is 5.41 Å². The molecule has 1 aromatic rings. The van der Waals surface area contributed by atoms with E-state index in [0.717, 1.165) is 39.1 Å². The van der Waals surface area contributed by atoms with Crippen molar-refractivity contribution in [3.8, 4) is 0 Å². The molecule has 2 heterocycles. The summed E-state index contributed by atoms with van der Waals surface area (Å²) >= 11 is 0. The zero-order valence-electron chi connectivity index (χ0n) is 17.4. The lowest BCUT2D eigenvalue weighted by Crippen LogP contribution is -2.42. The summed E-state index contributed by atoms with van der Waals surface area (Å²) in [5.74, 6) is -2.61. The lowest BCUT2D eigenvalue weighted by molar-refractivity contribution is -0.192. The molecule has 1 amide bonds. The highest BCUT2D eigenvalue weighted by molar-refractivity contribution is 5.77. The first-order chi connectivity index (χ1) is 14.0. The number of alkyl halides is 3. The number of hydrogen-bond acceptors (Lipinski definition) is 4. The second-order valence-corrected chi connectivity index (χ2v) is 8.06. The van der Waals surface area contributed by atoms with Crippen LogP contribution in [0.4, 0.5) is 13.2 Å². The van der Waals surface area contributed by atoms with Crippen molar-refractivity contribution in [3.63, 3.8) is 0 Å². The van der Waals surface area contributed by atoms with Crippen LogP contribution in [0.15, 0.2) is 24.3 Å². The zero-order chi connectivity index (χ0) is 22.4. The van der Waals surface area contributed by atoms with Crippen LogP contribution in [0, 0.1) is 12.3 Å². The van der Waals surface area contributed by atoms with Gasteiger partial charge in [-0.25, -0.2) is 4.79 Å². The number of carbonyl (C=O) groups excluding carboxylic acids is 1. The van der Waals surface area contributed by atoms with E-state index in [0.29, 0.717) is 5.41 Å². The number of methoxy groups -OCH3 is 1. The Morgan fingerprint density at radius 2 is 1.63 bits per heavy atom. The summed E-state index contributed by atoms with van der Waals surface area (Å²) in [6.07, 6.45) is -1.52. The molecule has 2 saturated heterocycles. The number of aryl methyl sites for hydroxylation is 1. The third-order valence-corrected chi connectivity index (χ3v) is 5.74. The molecular weight excluding hydrogens is 401 g/mol. The lowest BCUT2D eigenvalue weighted by atomic mass is 9.77. The summed E-state index contributed by atoms with van der Waals surface area (Å²) in [5, 5.41) is 7.12. The van der Waals surface area contributed by atoms with Crippen LogP contribution in [0.1, 0.15) is 30.4 Å². The maximum Gasteiger partial charge on any atom is 0.490 e. The Bertz CT molecular complexity index is 714. The molecule has 168 valence electrons. The Balaban J connectivity index is 0.000000396. The summed E-state index contributed by atoms with van der Waals surface area (Å²) in [4.78, 5) is 25.4. The first-order valence-corrected chi connectivity index (χ1v) is 9.89. The van der Waals surface area contributed by atoms with Crippen molar-refractivity contribution < 1.29 is 32.6 Å². The number of amides is 1. The molecule has 9 heteroatoms. The Labute approximate surface area is 174 Å². The molecule has 1 N–H and O–H groups in total. The molecule has 2 fully saturated rings. The molecule has 0 aliphatic carbocycles. The predicted octanol–water partition coefficient (Wildman–Crippen LogP) is 3.09. The zero-order valence-corrected chi connectivity index (χ0v) is 17.4. The maximum absolute atomic E-state index is 12.0. The highest BCUT2D eigenvalue weighted by Crippen LogP contribution is 2.40. The van der Waals surface area contributed by atoms with E-state index in [1.54, 1.807) is 7.11 Å². The van der Waals surface area contributed by atoms with Crippen molar-refractivity contribution in [1.29, 1.82) is 0 Å². The number of rotatable bonds is 4. The van der Waals surface area contributed by atoms with Gasteiger partial charge >= 0.3 is 12.1 Å². The van der Waals surface area contributed by atoms with Crippen LogP contribution in [0.25, 0.3) is 0 Å². The van der Waals surface area contributed by atoms with Gasteiger partial charge in [-0.05, 0) is 50.3 Å². The number of nitrogens with zero attached hydrogens (tertiary/aromatic N) is 2. The van der Waals surface area contributed by atoms with Crippen LogP contribution in [-0.2, 0) is 20.9 Å². The van der Waals surface area contributed by atoms with E-state index in [1.807, 2.05) is 4.90 Å². The van der Waals surface area contributed by atoms with Crippen LogP contribution < -0.4 is 0 Å². The maximum atomic E-state index is 12.0. The first kappa shape index (κ1) is 24.1. The van der Waals surface area contributed by atoms with Crippen molar-refractivity contribution in [2.45, 2.75) is 38.9 Å². The van der Waals surface area contributed by atoms with E-state index in [9.17, 15) is 18.0 Å². The third-order valence-electron chi connectivity index (χ3n) is 5.74. The molecular formula is C21H29F3N2O4. The van der Waals surface area contributed by atoms with Crippen molar-refractivity contribution in [2.75, 3.05) is 39.9 Å². The van der Waals surface area contributed by atoms with Gasteiger partial charge in [0.25, 0.3) is 0 Å². The average Bonchev–Trinajstić information content (AvgIpc) is 3.09. The Kier molecular flexibility index (Phi) is 8.25. The minimum Gasteiger partial charge on any atom is -0.475 e. The molecule has 0 saturated carbocycles. The highest BCUT2D eigenvalue weighted by atomic mass is 19.4. The van der Waals surface area contributed by atoms with Crippen molar-refractivity contribution in [1.82, 2.24) is 9.80 Å². The van der Waals surface area contributed by atoms with E-state index in [4.69, 9.17) is 14.6 Å². The number of ether oxygens (including phenoxy) is 1. The molecule has 1 spiro atoms. The number of likely N-dealkylation sites (tertiary alicyclic amines) is 2. The van der Waals surface area contributed by atoms with Gasteiger partial charge in [0, 0.05) is 26.7 Å². The number of aliphatic carboxylic acids is 1. The van der Waals surface area contributed by atoms with Crippen molar-refractivity contribution in [3.05, 3.63) is 35.4 Å². The van der Waals surface area contributed by atoms with E-state index in [1.165, 1.54) is 24.0 Å². The highest BCUT2D eigenvalue weighted by Gasteiger charge is 2.41. The first-order valence-electron chi connectivity index (χ1n) is 9.89. The minimum absolute atomic E-state index is 0.145. The number of carboxylic acid groups (broad SMARTS) is 1. The normalized spacial score (nSPS) is 18.8. The molecule has 0 radical (unpaired) electrons. The fourth-order valence-electron chi connectivity index (χ4n) is 3.91.